The molecular weight excluding hydrogens is 389 g/mol. The number of fused-ring (bicyclic) bond motifs is 2. The van der Waals surface area contributed by atoms with Gasteiger partial charge in [-0.1, -0.05) is 0 Å². The summed E-state index contributed by atoms with van der Waals surface area (Å²) in [4.78, 5) is 20.9. The van der Waals surface area contributed by atoms with Gasteiger partial charge in [0.25, 0.3) is 5.91 Å². The molecule has 8 heteroatoms. The molecule has 2 aromatic carbocycles. The first-order valence-electron chi connectivity index (χ1n) is 9.62. The number of carbonyl (C=O) groups excluding carboxylic acids is 1. The highest BCUT2D eigenvalue weighted by Gasteiger charge is 2.28. The van der Waals surface area contributed by atoms with Gasteiger partial charge in [-0.15, -0.1) is 0 Å². The zero-order valence-corrected chi connectivity index (χ0v) is 15.9. The summed E-state index contributed by atoms with van der Waals surface area (Å²) in [5, 5.41) is 2.87. The van der Waals surface area contributed by atoms with Crippen LogP contribution in [0.1, 0.15) is 15.9 Å². The van der Waals surface area contributed by atoms with Gasteiger partial charge in [-0.25, -0.2) is 14.4 Å². The molecule has 152 valence electrons. The van der Waals surface area contributed by atoms with Crippen LogP contribution in [0.2, 0.25) is 0 Å². The summed E-state index contributed by atoms with van der Waals surface area (Å²) >= 11 is 0. The molecule has 30 heavy (non-hydrogen) atoms. The second-order valence-electron chi connectivity index (χ2n) is 7.03. The van der Waals surface area contributed by atoms with Crippen LogP contribution in [-0.4, -0.2) is 41.7 Å². The number of hydrogen-bond donors (Lipinski definition) is 1. The molecule has 0 bridgehead atoms. The third-order valence-electron chi connectivity index (χ3n) is 4.96. The molecule has 2 aliphatic heterocycles. The lowest BCUT2D eigenvalue weighted by Gasteiger charge is -2.19. The molecule has 1 N–H and O–H groups in total. The second-order valence-corrected chi connectivity index (χ2v) is 7.03. The van der Waals surface area contributed by atoms with E-state index in [2.05, 4.69) is 15.3 Å². The van der Waals surface area contributed by atoms with Crippen LogP contribution in [0.25, 0.3) is 11.4 Å². The van der Waals surface area contributed by atoms with E-state index < -0.39 is 0 Å². The Labute approximate surface area is 171 Å². The molecule has 0 saturated heterocycles. The monoisotopic (exact) mass is 407 g/mol. The van der Waals surface area contributed by atoms with E-state index in [1.165, 1.54) is 12.1 Å². The fraction of sp³-hybridized carbons (Fsp3) is 0.227. The lowest BCUT2D eigenvalue weighted by atomic mass is 10.1. The van der Waals surface area contributed by atoms with Crippen molar-refractivity contribution in [1.29, 1.82) is 0 Å². The zero-order chi connectivity index (χ0) is 20.5. The molecule has 3 heterocycles. The Hall–Kier alpha value is -3.68. The van der Waals surface area contributed by atoms with Gasteiger partial charge in [0.05, 0.1) is 12.1 Å². The lowest BCUT2D eigenvalue weighted by molar-refractivity contribution is 0.0932. The van der Waals surface area contributed by atoms with E-state index in [0.29, 0.717) is 53.8 Å². The summed E-state index contributed by atoms with van der Waals surface area (Å²) < 4.78 is 31.1. The highest BCUT2D eigenvalue weighted by molar-refractivity contribution is 5.95. The Morgan fingerprint density at radius 3 is 2.73 bits per heavy atom. The molecular formula is C22H18FN3O4. The van der Waals surface area contributed by atoms with E-state index in [-0.39, 0.29) is 24.4 Å². The largest absolute Gasteiger partial charge is 0.487 e. The average Bonchev–Trinajstić information content (AvgIpc) is 3.20. The van der Waals surface area contributed by atoms with Crippen molar-refractivity contribution in [2.45, 2.75) is 12.5 Å². The Balaban J connectivity index is 1.28. The molecule has 0 spiro atoms. The fourth-order valence-electron chi connectivity index (χ4n) is 3.61. The third kappa shape index (κ3) is 3.52. The Bertz CT molecular complexity index is 1110. The van der Waals surface area contributed by atoms with Crippen LogP contribution in [-0.2, 0) is 6.42 Å². The van der Waals surface area contributed by atoms with Crippen LogP contribution < -0.4 is 19.5 Å². The zero-order valence-electron chi connectivity index (χ0n) is 15.9. The van der Waals surface area contributed by atoms with Gasteiger partial charge in [0.15, 0.2) is 17.3 Å². The summed E-state index contributed by atoms with van der Waals surface area (Å²) in [5.74, 6) is 1.52. The van der Waals surface area contributed by atoms with Gasteiger partial charge in [-0.2, -0.15) is 0 Å². The van der Waals surface area contributed by atoms with Crippen molar-refractivity contribution in [2.75, 3.05) is 19.8 Å². The molecule has 3 aromatic rings. The molecule has 1 amide bonds. The standard InChI is InChI=1S/C22H18FN3O4/c23-15-8-14-9-16(30-20(14)17(11-15)21-24-4-1-5-25-21)12-26-22(27)13-2-3-18-19(10-13)29-7-6-28-18/h1-5,8,10-11,16H,6-7,9,12H2,(H,26,27)/t16-/m0/s1. The summed E-state index contributed by atoms with van der Waals surface area (Å²) in [6.07, 6.45) is 3.36. The smallest absolute Gasteiger partial charge is 0.251 e. The van der Waals surface area contributed by atoms with E-state index in [1.54, 1.807) is 36.7 Å². The number of aromatic nitrogens is 2. The number of benzene rings is 2. The topological polar surface area (TPSA) is 82.6 Å². The highest BCUT2D eigenvalue weighted by Crippen LogP contribution is 2.38. The molecule has 0 aliphatic carbocycles. The summed E-state index contributed by atoms with van der Waals surface area (Å²) in [6, 6.07) is 9.58. The Kier molecular flexibility index (Phi) is 4.66. The fourth-order valence-corrected chi connectivity index (χ4v) is 3.61. The first-order chi connectivity index (χ1) is 14.7. The average molecular weight is 407 g/mol. The SMILES string of the molecule is O=C(NC[C@@H]1Cc2cc(F)cc(-c3ncccn3)c2O1)c1ccc2c(c1)OCCO2. The van der Waals surface area contributed by atoms with Crippen LogP contribution in [0.5, 0.6) is 17.2 Å². The molecule has 0 unspecified atom stereocenters. The second kappa shape index (κ2) is 7.62. The van der Waals surface area contributed by atoms with Gasteiger partial charge >= 0.3 is 0 Å². The van der Waals surface area contributed by atoms with Crippen molar-refractivity contribution in [2.24, 2.45) is 0 Å². The van der Waals surface area contributed by atoms with Crippen LogP contribution >= 0.6 is 0 Å². The van der Waals surface area contributed by atoms with Gasteiger partial charge in [0.1, 0.15) is 30.9 Å². The van der Waals surface area contributed by atoms with Crippen LogP contribution in [0.4, 0.5) is 4.39 Å². The van der Waals surface area contributed by atoms with Crippen molar-refractivity contribution in [3.05, 3.63) is 65.7 Å². The molecule has 2 aliphatic rings. The maximum Gasteiger partial charge on any atom is 0.251 e. The minimum atomic E-state index is -0.374. The number of rotatable bonds is 4. The molecule has 0 radical (unpaired) electrons. The first kappa shape index (κ1) is 18.4. The van der Waals surface area contributed by atoms with E-state index in [0.717, 1.165) is 5.56 Å². The van der Waals surface area contributed by atoms with E-state index in [1.807, 2.05) is 0 Å². The van der Waals surface area contributed by atoms with Crippen molar-refractivity contribution in [3.63, 3.8) is 0 Å². The molecule has 7 nitrogen and oxygen atoms in total. The van der Waals surface area contributed by atoms with E-state index in [9.17, 15) is 9.18 Å². The van der Waals surface area contributed by atoms with E-state index in [4.69, 9.17) is 14.2 Å². The molecule has 0 saturated carbocycles. The van der Waals surface area contributed by atoms with Crippen molar-refractivity contribution in [3.8, 4) is 28.6 Å². The Morgan fingerprint density at radius 2 is 1.90 bits per heavy atom. The molecule has 5 rings (SSSR count). The maximum atomic E-state index is 14.1. The highest BCUT2D eigenvalue weighted by atomic mass is 19.1. The van der Waals surface area contributed by atoms with E-state index >= 15 is 0 Å². The maximum absolute atomic E-state index is 14.1. The van der Waals surface area contributed by atoms with Crippen LogP contribution in [0.3, 0.4) is 0 Å². The quantitative estimate of drug-likeness (QED) is 0.716. The predicted octanol–water partition coefficient (Wildman–Crippen LogP) is 2.79. The number of amides is 1. The number of halogens is 1. The van der Waals surface area contributed by atoms with Gasteiger partial charge in [-0.3, -0.25) is 4.79 Å². The first-order valence-corrected chi connectivity index (χ1v) is 9.62. The van der Waals surface area contributed by atoms with Crippen LogP contribution in [0.15, 0.2) is 48.8 Å². The number of ether oxygens (including phenoxy) is 3. The minimum absolute atomic E-state index is 0.246. The van der Waals surface area contributed by atoms with Gasteiger partial charge in [-0.05, 0) is 36.4 Å². The minimum Gasteiger partial charge on any atom is -0.487 e. The van der Waals surface area contributed by atoms with Crippen molar-refractivity contribution < 1.29 is 23.4 Å². The molecule has 1 aromatic heterocycles. The summed E-state index contributed by atoms with van der Waals surface area (Å²) in [5.41, 5.74) is 1.71. The predicted molar refractivity (Wildman–Crippen MR) is 105 cm³/mol. The van der Waals surface area contributed by atoms with Gasteiger partial charge in [0.2, 0.25) is 0 Å². The van der Waals surface area contributed by atoms with Gasteiger partial charge < -0.3 is 19.5 Å². The normalized spacial score (nSPS) is 16.5. The number of carbonyl (C=O) groups is 1. The number of nitrogens with zero attached hydrogens (tertiary/aromatic N) is 2. The summed E-state index contributed by atoms with van der Waals surface area (Å²) in [7, 11) is 0. The lowest BCUT2D eigenvalue weighted by Crippen LogP contribution is -2.34. The van der Waals surface area contributed by atoms with Crippen molar-refractivity contribution >= 4 is 5.91 Å². The summed E-state index contributed by atoms with van der Waals surface area (Å²) in [6.45, 7) is 1.23. The molecule has 0 fully saturated rings. The third-order valence-corrected chi connectivity index (χ3v) is 4.96. The number of hydrogen-bond acceptors (Lipinski definition) is 6. The van der Waals surface area contributed by atoms with Crippen molar-refractivity contribution in [1.82, 2.24) is 15.3 Å². The van der Waals surface area contributed by atoms with Gasteiger partial charge in [0, 0.05) is 29.9 Å². The number of nitrogens with one attached hydrogen (secondary N) is 1. The van der Waals surface area contributed by atoms with Crippen LogP contribution in [0, 0.1) is 5.82 Å². The molecule has 1 atom stereocenters. The Morgan fingerprint density at radius 1 is 1.10 bits per heavy atom.